The quantitative estimate of drug-likeness (QED) is 0.574. The predicted octanol–water partition coefficient (Wildman–Crippen LogP) is 4.96. The Kier molecular flexibility index (Phi) is 6.49. The number of carbonyl (C=O) groups is 2. The highest BCUT2D eigenvalue weighted by molar-refractivity contribution is 8.14. The Morgan fingerprint density at radius 2 is 1.36 bits per heavy atom. The molecule has 2 rings (SSSR count). The highest BCUT2D eigenvalue weighted by atomic mass is 32.2. The van der Waals surface area contributed by atoms with E-state index in [9.17, 15) is 9.59 Å². The van der Waals surface area contributed by atoms with Gasteiger partial charge in [0.05, 0.1) is 0 Å². The summed E-state index contributed by atoms with van der Waals surface area (Å²) in [6.07, 6.45) is 1.87. The average molecular weight is 328 g/mol. The Hall–Kier alpha value is -1.78. The van der Waals surface area contributed by atoms with Gasteiger partial charge >= 0.3 is 0 Å². The Balaban J connectivity index is 1.94. The maximum atomic E-state index is 12.3. The van der Waals surface area contributed by atoms with Crippen molar-refractivity contribution >= 4 is 33.8 Å². The summed E-state index contributed by atoms with van der Waals surface area (Å²) in [6, 6.07) is 18.9. The average Bonchev–Trinajstić information content (AvgIpc) is 2.54. The molecular weight excluding hydrogens is 312 g/mol. The molecule has 0 unspecified atom stereocenters. The SMILES string of the molecule is C/C=C(/CC(=O)Sc1ccccc1)C(=O)Sc1ccccc1. The largest absolute Gasteiger partial charge is 0.286 e. The lowest BCUT2D eigenvalue weighted by Crippen LogP contribution is -2.03. The van der Waals surface area contributed by atoms with E-state index in [1.54, 1.807) is 13.0 Å². The Bertz CT molecular complexity index is 664. The van der Waals surface area contributed by atoms with Gasteiger partial charge in [0.2, 0.25) is 5.12 Å². The second kappa shape index (κ2) is 8.61. The first kappa shape index (κ1) is 16.6. The summed E-state index contributed by atoms with van der Waals surface area (Å²) in [5, 5.41) is -0.1000. The van der Waals surface area contributed by atoms with Crippen molar-refractivity contribution in [3.8, 4) is 0 Å². The van der Waals surface area contributed by atoms with Crippen molar-refractivity contribution in [1.29, 1.82) is 0 Å². The van der Waals surface area contributed by atoms with Gasteiger partial charge in [0.15, 0.2) is 5.12 Å². The molecule has 0 atom stereocenters. The highest BCUT2D eigenvalue weighted by Gasteiger charge is 2.15. The summed E-state index contributed by atoms with van der Waals surface area (Å²) in [7, 11) is 0. The number of hydrogen-bond acceptors (Lipinski definition) is 4. The minimum absolute atomic E-state index is 0.0266. The summed E-state index contributed by atoms with van der Waals surface area (Å²) >= 11 is 2.33. The first-order chi connectivity index (χ1) is 10.7. The Labute approximate surface area is 139 Å². The van der Waals surface area contributed by atoms with Gasteiger partial charge in [-0.1, -0.05) is 54.2 Å². The van der Waals surface area contributed by atoms with Gasteiger partial charge in [-0.05, 0) is 43.0 Å². The summed E-state index contributed by atoms with van der Waals surface area (Å²) in [4.78, 5) is 26.1. The van der Waals surface area contributed by atoms with E-state index in [4.69, 9.17) is 0 Å². The van der Waals surface area contributed by atoms with E-state index in [1.807, 2.05) is 60.7 Å². The third-order valence-corrected chi connectivity index (χ3v) is 4.71. The molecule has 2 nitrogen and oxygen atoms in total. The van der Waals surface area contributed by atoms with Gasteiger partial charge in [-0.15, -0.1) is 0 Å². The molecule has 0 spiro atoms. The molecule has 0 fully saturated rings. The third-order valence-electron chi connectivity index (χ3n) is 2.87. The van der Waals surface area contributed by atoms with Gasteiger partial charge in [-0.2, -0.15) is 0 Å². The molecule has 0 heterocycles. The number of allylic oxidation sites excluding steroid dienone is 1. The van der Waals surface area contributed by atoms with E-state index in [0.29, 0.717) is 5.57 Å². The van der Waals surface area contributed by atoms with Crippen molar-refractivity contribution in [2.45, 2.75) is 23.1 Å². The van der Waals surface area contributed by atoms with Crippen LogP contribution in [0, 0.1) is 0 Å². The minimum atomic E-state index is -0.0734. The molecular formula is C18H16O2S2. The summed E-state index contributed by atoms with van der Waals surface area (Å²) in [5.74, 6) is 0. The lowest BCUT2D eigenvalue weighted by Gasteiger charge is -2.05. The van der Waals surface area contributed by atoms with Crippen LogP contribution in [0.1, 0.15) is 13.3 Å². The molecule has 0 saturated heterocycles. The van der Waals surface area contributed by atoms with Crippen molar-refractivity contribution in [3.63, 3.8) is 0 Å². The number of benzene rings is 2. The topological polar surface area (TPSA) is 34.1 Å². The minimum Gasteiger partial charge on any atom is -0.286 e. The molecule has 4 heteroatoms. The summed E-state index contributed by atoms with van der Waals surface area (Å²) in [5.41, 5.74) is 0.544. The van der Waals surface area contributed by atoms with Crippen LogP contribution in [0.15, 0.2) is 82.1 Å². The lowest BCUT2D eigenvalue weighted by atomic mass is 10.2. The molecule has 0 aliphatic rings. The van der Waals surface area contributed by atoms with Crippen LogP contribution in [0.2, 0.25) is 0 Å². The second-order valence-electron chi connectivity index (χ2n) is 4.48. The number of hydrogen-bond donors (Lipinski definition) is 0. The van der Waals surface area contributed by atoms with Crippen LogP contribution >= 0.6 is 23.5 Å². The van der Waals surface area contributed by atoms with Crippen LogP contribution in [0.3, 0.4) is 0 Å². The zero-order valence-electron chi connectivity index (χ0n) is 12.2. The standard InChI is InChI=1S/C18H16O2S2/c1-2-14(18(20)22-16-11-7-4-8-12-16)13-17(19)21-15-9-5-3-6-10-15/h2-12H,13H2,1H3/b14-2-. The van der Waals surface area contributed by atoms with Crippen molar-refractivity contribution in [2.24, 2.45) is 0 Å². The second-order valence-corrected chi connectivity index (χ2v) is 6.66. The monoisotopic (exact) mass is 328 g/mol. The lowest BCUT2D eigenvalue weighted by molar-refractivity contribution is -0.112. The van der Waals surface area contributed by atoms with Crippen LogP contribution in [0.25, 0.3) is 0 Å². The molecule has 0 aromatic heterocycles. The number of carbonyl (C=O) groups excluding carboxylic acids is 2. The van der Waals surface area contributed by atoms with Crippen molar-refractivity contribution < 1.29 is 9.59 Å². The smallest absolute Gasteiger partial charge is 0.220 e. The maximum absolute atomic E-state index is 12.3. The van der Waals surface area contributed by atoms with E-state index >= 15 is 0 Å². The molecule has 0 bridgehead atoms. The predicted molar refractivity (Wildman–Crippen MR) is 93.0 cm³/mol. The van der Waals surface area contributed by atoms with E-state index < -0.39 is 0 Å². The number of rotatable bonds is 5. The van der Waals surface area contributed by atoms with Crippen molar-refractivity contribution in [1.82, 2.24) is 0 Å². The van der Waals surface area contributed by atoms with Crippen molar-refractivity contribution in [2.75, 3.05) is 0 Å². The molecule has 0 radical (unpaired) electrons. The van der Waals surface area contributed by atoms with Gasteiger partial charge in [-0.25, -0.2) is 0 Å². The van der Waals surface area contributed by atoms with Crippen LogP contribution in [-0.4, -0.2) is 10.2 Å². The molecule has 0 aliphatic heterocycles. The van der Waals surface area contributed by atoms with E-state index in [1.165, 1.54) is 11.8 Å². The van der Waals surface area contributed by atoms with Crippen molar-refractivity contribution in [3.05, 3.63) is 72.3 Å². The molecule has 0 amide bonds. The molecule has 0 N–H and O–H groups in total. The molecule has 2 aromatic rings. The van der Waals surface area contributed by atoms with E-state index in [0.717, 1.165) is 21.6 Å². The Morgan fingerprint density at radius 3 is 1.86 bits per heavy atom. The molecule has 112 valence electrons. The van der Waals surface area contributed by atoms with Crippen LogP contribution in [0.4, 0.5) is 0 Å². The molecule has 0 aliphatic carbocycles. The first-order valence-corrected chi connectivity index (χ1v) is 8.50. The first-order valence-electron chi connectivity index (χ1n) is 6.87. The maximum Gasteiger partial charge on any atom is 0.220 e. The van der Waals surface area contributed by atoms with Gasteiger partial charge in [0.1, 0.15) is 0 Å². The fraction of sp³-hybridized carbons (Fsp3) is 0.111. The van der Waals surface area contributed by atoms with E-state index in [-0.39, 0.29) is 16.7 Å². The van der Waals surface area contributed by atoms with Crippen LogP contribution in [-0.2, 0) is 9.59 Å². The van der Waals surface area contributed by atoms with Gasteiger partial charge in [0, 0.05) is 21.8 Å². The highest BCUT2D eigenvalue weighted by Crippen LogP contribution is 2.26. The zero-order chi connectivity index (χ0) is 15.8. The zero-order valence-corrected chi connectivity index (χ0v) is 13.8. The van der Waals surface area contributed by atoms with Gasteiger partial charge in [0.25, 0.3) is 0 Å². The summed E-state index contributed by atoms with van der Waals surface area (Å²) in [6.45, 7) is 1.79. The summed E-state index contributed by atoms with van der Waals surface area (Å²) < 4.78 is 0. The number of thioether (sulfide) groups is 2. The Morgan fingerprint density at radius 1 is 0.864 bits per heavy atom. The molecule has 0 saturated carbocycles. The fourth-order valence-corrected chi connectivity index (χ4v) is 3.38. The van der Waals surface area contributed by atoms with Gasteiger partial charge < -0.3 is 0 Å². The van der Waals surface area contributed by atoms with E-state index in [2.05, 4.69) is 0 Å². The normalized spacial score (nSPS) is 11.2. The fourth-order valence-electron chi connectivity index (χ4n) is 1.76. The third kappa shape index (κ3) is 5.20. The molecule has 2 aromatic carbocycles. The molecule has 22 heavy (non-hydrogen) atoms. The van der Waals surface area contributed by atoms with Gasteiger partial charge in [-0.3, -0.25) is 9.59 Å². The van der Waals surface area contributed by atoms with Crippen LogP contribution in [0.5, 0.6) is 0 Å². The van der Waals surface area contributed by atoms with Crippen LogP contribution < -0.4 is 0 Å².